The van der Waals surface area contributed by atoms with Crippen LogP contribution in [0.4, 0.5) is 5.69 Å². The molecule has 0 fully saturated rings. The van der Waals surface area contributed by atoms with Crippen molar-refractivity contribution in [1.82, 2.24) is 0 Å². The Morgan fingerprint density at radius 1 is 1.29 bits per heavy atom. The van der Waals surface area contributed by atoms with Crippen molar-refractivity contribution in [3.05, 3.63) is 29.8 Å². The summed E-state index contributed by atoms with van der Waals surface area (Å²) in [5.41, 5.74) is 7.65. The Hall–Kier alpha value is -0.870. The van der Waals surface area contributed by atoms with Crippen LogP contribution in [0.15, 0.2) is 24.3 Å². The molecule has 3 N–H and O–H groups in total. The molecule has 0 radical (unpaired) electrons. The lowest BCUT2D eigenvalue weighted by atomic mass is 10.0. The number of benzene rings is 1. The zero-order valence-electron chi connectivity index (χ0n) is 12.8. The fourth-order valence-electron chi connectivity index (χ4n) is 2.03. The summed E-state index contributed by atoms with van der Waals surface area (Å²) in [6.45, 7) is 3.98. The number of carboxylic acid groups (broad SMARTS) is 1. The minimum atomic E-state index is -0.728. The van der Waals surface area contributed by atoms with E-state index in [0.717, 1.165) is 30.5 Å². The van der Waals surface area contributed by atoms with Gasteiger partial charge in [-0.2, -0.15) is 0 Å². The van der Waals surface area contributed by atoms with Gasteiger partial charge in [-0.25, -0.2) is 0 Å². The molecule has 1 aromatic carbocycles. The average Bonchev–Trinajstić information content (AvgIpc) is 2.42. The number of thioether (sulfide) groups is 1. The Kier molecular flexibility index (Phi) is 9.54. The van der Waals surface area contributed by atoms with Gasteiger partial charge in [-0.15, -0.1) is 24.2 Å². The standard InChI is InChI=1S/C16H25NO2S.ClH/c1-3-4-5-8-11-16(2,15(18)19)20-12-13-9-6-7-10-14(13)17;/h6-7,9-10H,3-5,8,11-12,17H2,1-2H3,(H,18,19);1H. The van der Waals surface area contributed by atoms with Crippen molar-refractivity contribution < 1.29 is 9.90 Å². The summed E-state index contributed by atoms with van der Waals surface area (Å²) in [6.07, 6.45) is 5.12. The maximum absolute atomic E-state index is 11.5. The molecule has 0 bridgehead atoms. The molecule has 0 aliphatic heterocycles. The van der Waals surface area contributed by atoms with Gasteiger partial charge >= 0.3 is 5.97 Å². The smallest absolute Gasteiger partial charge is 0.319 e. The molecular formula is C16H26ClNO2S. The van der Waals surface area contributed by atoms with Crippen molar-refractivity contribution in [1.29, 1.82) is 0 Å². The summed E-state index contributed by atoms with van der Waals surface area (Å²) < 4.78 is -0.726. The number of unbranched alkanes of at least 4 members (excludes halogenated alkanes) is 3. The molecule has 0 saturated carbocycles. The number of carboxylic acids is 1. The summed E-state index contributed by atoms with van der Waals surface area (Å²) in [5, 5.41) is 9.48. The molecule has 0 aromatic heterocycles. The van der Waals surface area contributed by atoms with E-state index in [0.29, 0.717) is 12.2 Å². The Labute approximate surface area is 138 Å². The van der Waals surface area contributed by atoms with Crippen molar-refractivity contribution in [2.75, 3.05) is 5.73 Å². The molecule has 21 heavy (non-hydrogen) atoms. The minimum Gasteiger partial charge on any atom is -0.480 e. The lowest BCUT2D eigenvalue weighted by Gasteiger charge is -2.24. The van der Waals surface area contributed by atoms with Crippen molar-refractivity contribution in [2.45, 2.75) is 56.5 Å². The summed E-state index contributed by atoms with van der Waals surface area (Å²) >= 11 is 1.48. The second kappa shape index (κ2) is 9.96. The highest BCUT2D eigenvalue weighted by atomic mass is 35.5. The van der Waals surface area contributed by atoms with Crippen LogP contribution in [-0.2, 0) is 10.5 Å². The number of nitrogens with two attached hydrogens (primary N) is 1. The van der Waals surface area contributed by atoms with Crippen molar-refractivity contribution in [2.24, 2.45) is 0 Å². The van der Waals surface area contributed by atoms with E-state index in [1.54, 1.807) is 0 Å². The quantitative estimate of drug-likeness (QED) is 0.507. The van der Waals surface area contributed by atoms with Gasteiger partial charge in [0.15, 0.2) is 0 Å². The van der Waals surface area contributed by atoms with Crippen LogP contribution in [-0.4, -0.2) is 15.8 Å². The minimum absolute atomic E-state index is 0. The van der Waals surface area contributed by atoms with Gasteiger partial charge in [0.2, 0.25) is 0 Å². The molecule has 0 spiro atoms. The first-order valence-electron chi connectivity index (χ1n) is 7.20. The normalized spacial score (nSPS) is 13.2. The summed E-state index contributed by atoms with van der Waals surface area (Å²) in [4.78, 5) is 11.5. The molecule has 1 unspecified atom stereocenters. The zero-order valence-corrected chi connectivity index (χ0v) is 14.4. The van der Waals surface area contributed by atoms with Gasteiger partial charge in [0, 0.05) is 11.4 Å². The number of anilines is 1. The molecule has 1 atom stereocenters. The van der Waals surface area contributed by atoms with Gasteiger partial charge in [-0.05, 0) is 25.0 Å². The summed E-state index contributed by atoms with van der Waals surface area (Å²) in [6, 6.07) is 7.65. The van der Waals surface area contributed by atoms with Crippen LogP contribution in [0.5, 0.6) is 0 Å². The zero-order chi connectivity index (χ0) is 15.0. The number of hydrogen-bond acceptors (Lipinski definition) is 3. The number of aliphatic carboxylic acids is 1. The maximum Gasteiger partial charge on any atom is 0.319 e. The highest BCUT2D eigenvalue weighted by molar-refractivity contribution is 8.00. The van der Waals surface area contributed by atoms with Crippen LogP contribution < -0.4 is 5.73 Å². The SMILES string of the molecule is CCCCCCC(C)(SCc1ccccc1N)C(=O)O.Cl. The van der Waals surface area contributed by atoms with Crippen LogP contribution in [0.25, 0.3) is 0 Å². The lowest BCUT2D eigenvalue weighted by Crippen LogP contribution is -2.31. The van der Waals surface area contributed by atoms with Gasteiger partial charge in [0.25, 0.3) is 0 Å². The predicted molar refractivity (Wildman–Crippen MR) is 94.2 cm³/mol. The van der Waals surface area contributed by atoms with E-state index >= 15 is 0 Å². The molecule has 3 nitrogen and oxygen atoms in total. The van der Waals surface area contributed by atoms with Crippen molar-refractivity contribution >= 4 is 35.8 Å². The number of para-hydroxylation sites is 1. The molecule has 1 rings (SSSR count). The van der Waals surface area contributed by atoms with Gasteiger partial charge in [0.1, 0.15) is 4.75 Å². The van der Waals surface area contributed by atoms with E-state index < -0.39 is 10.7 Å². The van der Waals surface area contributed by atoms with Crippen molar-refractivity contribution in [3.8, 4) is 0 Å². The first kappa shape index (κ1) is 20.1. The number of halogens is 1. The number of nitrogen functional groups attached to an aromatic ring is 1. The second-order valence-electron chi connectivity index (χ2n) is 5.33. The predicted octanol–water partition coefficient (Wildman–Crippen LogP) is 4.74. The van der Waals surface area contributed by atoms with Gasteiger partial charge in [-0.3, -0.25) is 4.79 Å². The lowest BCUT2D eigenvalue weighted by molar-refractivity contribution is -0.139. The Morgan fingerprint density at radius 3 is 2.52 bits per heavy atom. The van der Waals surface area contributed by atoms with Gasteiger partial charge in [0.05, 0.1) is 0 Å². The molecule has 1 aromatic rings. The van der Waals surface area contributed by atoms with E-state index in [2.05, 4.69) is 6.92 Å². The van der Waals surface area contributed by atoms with Crippen LogP contribution >= 0.6 is 24.2 Å². The Bertz CT molecular complexity index is 442. The average molecular weight is 332 g/mol. The second-order valence-corrected chi connectivity index (χ2v) is 6.81. The largest absolute Gasteiger partial charge is 0.480 e. The molecular weight excluding hydrogens is 306 g/mol. The molecule has 120 valence electrons. The van der Waals surface area contributed by atoms with E-state index in [4.69, 9.17) is 5.73 Å². The van der Waals surface area contributed by atoms with Crippen LogP contribution in [0.1, 0.15) is 51.5 Å². The first-order chi connectivity index (χ1) is 9.49. The summed E-state index contributed by atoms with van der Waals surface area (Å²) in [5.74, 6) is -0.0861. The first-order valence-corrected chi connectivity index (χ1v) is 8.19. The van der Waals surface area contributed by atoms with Gasteiger partial charge in [-0.1, -0.05) is 50.8 Å². The van der Waals surface area contributed by atoms with E-state index in [-0.39, 0.29) is 12.4 Å². The Morgan fingerprint density at radius 2 is 1.95 bits per heavy atom. The highest BCUT2D eigenvalue weighted by Gasteiger charge is 2.33. The molecule has 0 aliphatic carbocycles. The molecule has 0 saturated heterocycles. The highest BCUT2D eigenvalue weighted by Crippen LogP contribution is 2.35. The maximum atomic E-state index is 11.5. The van der Waals surface area contributed by atoms with E-state index in [1.807, 2.05) is 31.2 Å². The van der Waals surface area contributed by atoms with E-state index in [9.17, 15) is 9.90 Å². The topological polar surface area (TPSA) is 63.3 Å². The van der Waals surface area contributed by atoms with Gasteiger partial charge < -0.3 is 10.8 Å². The third-order valence-electron chi connectivity index (χ3n) is 3.56. The van der Waals surface area contributed by atoms with Crippen molar-refractivity contribution in [3.63, 3.8) is 0 Å². The van der Waals surface area contributed by atoms with Crippen LogP contribution in [0.2, 0.25) is 0 Å². The summed E-state index contributed by atoms with van der Waals surface area (Å²) in [7, 11) is 0. The molecule has 0 amide bonds. The van der Waals surface area contributed by atoms with Crippen LogP contribution in [0, 0.1) is 0 Å². The Balaban J connectivity index is 0.00000400. The fourth-order valence-corrected chi connectivity index (χ4v) is 3.18. The fraction of sp³-hybridized carbons (Fsp3) is 0.562. The molecule has 0 heterocycles. The van der Waals surface area contributed by atoms with Crippen LogP contribution in [0.3, 0.4) is 0 Å². The number of rotatable bonds is 9. The third-order valence-corrected chi connectivity index (χ3v) is 5.03. The molecule has 5 heteroatoms. The third kappa shape index (κ3) is 6.62. The monoisotopic (exact) mass is 331 g/mol. The number of hydrogen-bond donors (Lipinski definition) is 2. The molecule has 0 aliphatic rings. The van der Waals surface area contributed by atoms with E-state index in [1.165, 1.54) is 18.2 Å². The number of carbonyl (C=O) groups is 1.